The summed E-state index contributed by atoms with van der Waals surface area (Å²) in [6, 6.07) is 40.9. The van der Waals surface area contributed by atoms with Gasteiger partial charge in [0.15, 0.2) is 0 Å². The highest BCUT2D eigenvalue weighted by Crippen LogP contribution is 2.38. The number of hydrogen-bond donors (Lipinski definition) is 2. The van der Waals surface area contributed by atoms with Gasteiger partial charge in [-0.3, -0.25) is 0 Å². The number of carbonyl (C=O) groups excluding carboxylic acids is 1. The van der Waals surface area contributed by atoms with Gasteiger partial charge in [-0.05, 0) is 43.0 Å². The fraction of sp³-hybridized carbons (Fsp3) is 0.378. The van der Waals surface area contributed by atoms with E-state index in [1.807, 2.05) is 121 Å². The van der Waals surface area contributed by atoms with E-state index in [0.717, 1.165) is 22.3 Å². The highest BCUT2D eigenvalue weighted by atomic mass is 16.6. The third kappa shape index (κ3) is 12.3. The Labute approximate surface area is 328 Å². The predicted molar refractivity (Wildman–Crippen MR) is 209 cm³/mol. The number of alkyl carbamates (subject to hydrolysis) is 1. The first-order valence-electron chi connectivity index (χ1n) is 19.0. The molecule has 0 saturated carbocycles. The van der Waals surface area contributed by atoms with Gasteiger partial charge in [-0.2, -0.15) is 0 Å². The van der Waals surface area contributed by atoms with Gasteiger partial charge in [-0.1, -0.05) is 126 Å². The third-order valence-corrected chi connectivity index (χ3v) is 9.14. The number of nitrogens with one attached hydrogen (secondary N) is 1. The molecule has 2 N–H and O–H groups in total. The van der Waals surface area contributed by atoms with Crippen molar-refractivity contribution in [3.05, 3.63) is 161 Å². The highest BCUT2D eigenvalue weighted by molar-refractivity contribution is 5.68. The number of carbonyl (C=O) groups is 1. The summed E-state index contributed by atoms with van der Waals surface area (Å²) in [5.74, 6) is 0.432. The third-order valence-electron chi connectivity index (χ3n) is 9.14. The summed E-state index contributed by atoms with van der Waals surface area (Å²) in [5.41, 5.74) is 3.77. The molecule has 1 aliphatic rings. The largest absolute Gasteiger partial charge is 0.444 e. The lowest BCUT2D eigenvalue weighted by molar-refractivity contribution is -0.276. The average Bonchev–Trinajstić information content (AvgIpc) is 3.67. The van der Waals surface area contributed by atoms with Gasteiger partial charge < -0.3 is 43.4 Å². The quantitative estimate of drug-likeness (QED) is 0.0925. The van der Waals surface area contributed by atoms with Crippen LogP contribution < -0.4 is 5.32 Å². The smallest absolute Gasteiger partial charge is 0.407 e. The molecule has 2 heterocycles. The Morgan fingerprint density at radius 1 is 0.714 bits per heavy atom. The average molecular weight is 765 g/mol. The molecule has 0 unspecified atom stereocenters. The normalized spacial score (nSPS) is 20.3. The van der Waals surface area contributed by atoms with Crippen LogP contribution in [-0.2, 0) is 61.3 Å². The van der Waals surface area contributed by atoms with Gasteiger partial charge in [0.1, 0.15) is 47.6 Å². The number of ether oxygens (including phenoxy) is 6. The van der Waals surface area contributed by atoms with Crippen molar-refractivity contribution in [2.24, 2.45) is 0 Å². The molecule has 11 heteroatoms. The highest BCUT2D eigenvalue weighted by Gasteiger charge is 2.50. The molecule has 1 saturated heterocycles. The molecule has 0 bridgehead atoms. The summed E-state index contributed by atoms with van der Waals surface area (Å²) < 4.78 is 44.9. The molecule has 6 rings (SSSR count). The van der Waals surface area contributed by atoms with Crippen molar-refractivity contribution in [2.75, 3.05) is 13.2 Å². The van der Waals surface area contributed by atoms with Crippen molar-refractivity contribution in [3.63, 3.8) is 0 Å². The Balaban J connectivity index is 1.32. The van der Waals surface area contributed by atoms with Crippen molar-refractivity contribution in [2.45, 2.75) is 95.8 Å². The topological polar surface area (TPSA) is 131 Å². The molecule has 0 radical (unpaired) electrons. The van der Waals surface area contributed by atoms with Crippen LogP contribution in [-0.4, -0.2) is 65.6 Å². The zero-order valence-corrected chi connectivity index (χ0v) is 32.2. The molecule has 296 valence electrons. The van der Waals surface area contributed by atoms with Crippen LogP contribution >= 0.6 is 0 Å². The number of hydrogen-bond acceptors (Lipinski definition) is 10. The zero-order valence-electron chi connectivity index (χ0n) is 32.2. The maximum absolute atomic E-state index is 12.5. The number of amides is 1. The summed E-state index contributed by atoms with van der Waals surface area (Å²) in [5, 5.41) is 17.3. The van der Waals surface area contributed by atoms with Crippen LogP contribution in [0.3, 0.4) is 0 Å². The van der Waals surface area contributed by atoms with E-state index in [9.17, 15) is 9.90 Å². The standard InChI is InChI=1S/C45H52N2O9/c1-45(2,3)55-44(49)46-36(26-48)24-37-25-38(47-56-37)40-42(52-29-34-20-12-6-13-21-34)43(53-30-35-22-14-7-15-23-35)41(51-28-33-18-10-5-11-19-33)39(54-40)31-50-27-32-16-8-4-9-17-32/h4-23,25,36,39-43,48H,24,26-31H2,1-3H3,(H,46,49)/t36-,39+,40-,41+,42-,43-/m0/s1. The lowest BCUT2D eigenvalue weighted by Crippen LogP contribution is -2.58. The first-order valence-corrected chi connectivity index (χ1v) is 19.0. The van der Waals surface area contributed by atoms with Crippen LogP contribution in [0, 0.1) is 0 Å². The summed E-state index contributed by atoms with van der Waals surface area (Å²) in [7, 11) is 0. The number of aliphatic hydroxyl groups excluding tert-OH is 1. The fourth-order valence-corrected chi connectivity index (χ4v) is 6.46. The fourth-order valence-electron chi connectivity index (χ4n) is 6.46. The van der Waals surface area contributed by atoms with Crippen molar-refractivity contribution >= 4 is 6.09 Å². The Morgan fingerprint density at radius 3 is 1.70 bits per heavy atom. The van der Waals surface area contributed by atoms with E-state index in [1.165, 1.54) is 0 Å². The van der Waals surface area contributed by atoms with Crippen LogP contribution in [0.1, 0.15) is 60.6 Å². The first-order chi connectivity index (χ1) is 27.2. The molecular weight excluding hydrogens is 712 g/mol. The Morgan fingerprint density at radius 2 is 1.20 bits per heavy atom. The summed E-state index contributed by atoms with van der Waals surface area (Å²) in [4.78, 5) is 12.5. The molecule has 1 amide bonds. The van der Waals surface area contributed by atoms with E-state index in [0.29, 0.717) is 31.3 Å². The Bertz CT molecular complexity index is 1870. The van der Waals surface area contributed by atoms with Crippen molar-refractivity contribution in [1.82, 2.24) is 10.5 Å². The minimum atomic E-state index is -0.773. The van der Waals surface area contributed by atoms with Crippen LogP contribution in [0.2, 0.25) is 0 Å². The monoisotopic (exact) mass is 764 g/mol. The van der Waals surface area contributed by atoms with E-state index in [1.54, 1.807) is 26.8 Å². The van der Waals surface area contributed by atoms with Crippen molar-refractivity contribution in [3.8, 4) is 0 Å². The van der Waals surface area contributed by atoms with Crippen molar-refractivity contribution < 1.29 is 42.8 Å². The summed E-state index contributed by atoms with van der Waals surface area (Å²) in [6.45, 7) is 6.44. The summed E-state index contributed by atoms with van der Waals surface area (Å²) in [6.07, 6.45) is -3.84. The predicted octanol–water partition coefficient (Wildman–Crippen LogP) is 7.52. The second-order valence-electron chi connectivity index (χ2n) is 14.8. The number of benzene rings is 4. The van der Waals surface area contributed by atoms with Crippen LogP contribution in [0.5, 0.6) is 0 Å². The van der Waals surface area contributed by atoms with Gasteiger partial charge >= 0.3 is 6.09 Å². The van der Waals surface area contributed by atoms with Crippen LogP contribution in [0.15, 0.2) is 132 Å². The molecule has 1 aromatic heterocycles. The molecule has 1 fully saturated rings. The van der Waals surface area contributed by atoms with Gasteiger partial charge in [0, 0.05) is 12.5 Å². The van der Waals surface area contributed by atoms with E-state index in [4.69, 9.17) is 32.9 Å². The number of aliphatic hydroxyl groups is 1. The van der Waals surface area contributed by atoms with Gasteiger partial charge in [0.05, 0.1) is 45.7 Å². The van der Waals surface area contributed by atoms with Gasteiger partial charge in [0.2, 0.25) is 0 Å². The summed E-state index contributed by atoms with van der Waals surface area (Å²) >= 11 is 0. The van der Waals surface area contributed by atoms with Gasteiger partial charge in [0.25, 0.3) is 0 Å². The maximum atomic E-state index is 12.5. The molecule has 0 aliphatic carbocycles. The van der Waals surface area contributed by atoms with Gasteiger partial charge in [-0.25, -0.2) is 4.79 Å². The van der Waals surface area contributed by atoms with Crippen LogP contribution in [0.4, 0.5) is 4.79 Å². The molecule has 0 spiro atoms. The SMILES string of the molecule is CC(C)(C)OC(=O)N[C@H](CO)Cc1cc([C@@H]2O[C@H](COCc3ccccc3)[C@@H](OCc3ccccc3)[C@H](OCc3ccccc3)[C@H]2OCc2ccccc2)no1. The number of nitrogens with zero attached hydrogens (tertiary/aromatic N) is 1. The van der Waals surface area contributed by atoms with Crippen LogP contribution in [0.25, 0.3) is 0 Å². The lowest BCUT2D eigenvalue weighted by Gasteiger charge is -2.45. The zero-order chi connectivity index (χ0) is 39.2. The maximum Gasteiger partial charge on any atom is 0.407 e. The molecule has 5 aromatic rings. The molecule has 1 aliphatic heterocycles. The van der Waals surface area contributed by atoms with Gasteiger partial charge in [-0.15, -0.1) is 0 Å². The van der Waals surface area contributed by atoms with Crippen molar-refractivity contribution in [1.29, 1.82) is 0 Å². The molecule has 4 aromatic carbocycles. The van der Waals surface area contributed by atoms with E-state index >= 15 is 0 Å². The first kappa shape index (κ1) is 40.8. The van der Waals surface area contributed by atoms with E-state index < -0.39 is 48.3 Å². The van der Waals surface area contributed by atoms with E-state index in [2.05, 4.69) is 10.5 Å². The Hall–Kier alpha value is -4.88. The number of aromatic nitrogens is 1. The number of rotatable bonds is 18. The lowest BCUT2D eigenvalue weighted by atomic mass is 9.92. The minimum absolute atomic E-state index is 0.158. The molecular formula is C45H52N2O9. The second kappa shape index (κ2) is 20.3. The molecule has 6 atom stereocenters. The molecule has 56 heavy (non-hydrogen) atoms. The second-order valence-corrected chi connectivity index (χ2v) is 14.8. The molecule has 11 nitrogen and oxygen atoms in total. The van der Waals surface area contributed by atoms with E-state index in [-0.39, 0.29) is 26.2 Å². The Kier molecular flexibility index (Phi) is 14.8. The minimum Gasteiger partial charge on any atom is -0.444 e.